The molecular weight excluding hydrogens is 172 g/mol. The summed E-state index contributed by atoms with van der Waals surface area (Å²) in [7, 11) is 0. The molecular formula is C8H8N2OS. The Morgan fingerprint density at radius 2 is 2.42 bits per heavy atom. The molecule has 62 valence electrons. The zero-order valence-electron chi connectivity index (χ0n) is 6.43. The van der Waals surface area contributed by atoms with Crippen LogP contribution in [-0.4, -0.2) is 22.5 Å². The molecule has 0 atom stereocenters. The Morgan fingerprint density at radius 3 is 3.00 bits per heavy atom. The zero-order chi connectivity index (χ0) is 8.39. The van der Waals surface area contributed by atoms with E-state index in [-0.39, 0.29) is 5.24 Å². The summed E-state index contributed by atoms with van der Waals surface area (Å²) in [5.74, 6) is 1.63. The fourth-order valence-corrected chi connectivity index (χ4v) is 1.90. The number of carbonyl (C=O) groups excluding carboxylic acids is 1. The van der Waals surface area contributed by atoms with E-state index in [2.05, 4.69) is 4.98 Å². The third-order valence-electron chi connectivity index (χ3n) is 1.69. The highest BCUT2D eigenvalue weighted by molar-refractivity contribution is 8.14. The highest BCUT2D eigenvalue weighted by Gasteiger charge is 2.22. The lowest BCUT2D eigenvalue weighted by molar-refractivity contribution is 0.266. The maximum atomic E-state index is 11.2. The van der Waals surface area contributed by atoms with Crippen LogP contribution in [0.1, 0.15) is 0 Å². The first-order chi connectivity index (χ1) is 5.88. The van der Waals surface area contributed by atoms with Crippen molar-refractivity contribution >= 4 is 22.8 Å². The average Bonchev–Trinajstić information content (AvgIpc) is 2.53. The van der Waals surface area contributed by atoms with Gasteiger partial charge in [0.1, 0.15) is 5.82 Å². The maximum Gasteiger partial charge on any atom is 0.287 e. The average molecular weight is 180 g/mol. The summed E-state index contributed by atoms with van der Waals surface area (Å²) in [6.45, 7) is 0.778. The molecule has 3 nitrogen and oxygen atoms in total. The summed E-state index contributed by atoms with van der Waals surface area (Å²) in [6.07, 6.45) is 1.70. The standard InChI is InChI=1S/C8H8N2OS/c11-8-10(5-6-12-8)7-3-1-2-4-9-7/h1-4H,5-6H2. The van der Waals surface area contributed by atoms with Crippen LogP contribution in [-0.2, 0) is 0 Å². The lowest BCUT2D eigenvalue weighted by atomic mass is 10.4. The van der Waals surface area contributed by atoms with Gasteiger partial charge in [0.2, 0.25) is 0 Å². The van der Waals surface area contributed by atoms with Gasteiger partial charge in [0.05, 0.1) is 0 Å². The SMILES string of the molecule is O=C1SCCN1c1ccccn1. The van der Waals surface area contributed by atoms with Crippen LogP contribution in [0, 0.1) is 0 Å². The van der Waals surface area contributed by atoms with Crippen molar-refractivity contribution in [1.82, 2.24) is 4.98 Å². The van der Waals surface area contributed by atoms with E-state index in [4.69, 9.17) is 0 Å². The smallest absolute Gasteiger partial charge is 0.287 e. The van der Waals surface area contributed by atoms with Crippen LogP contribution in [0.5, 0.6) is 0 Å². The fraction of sp³-hybridized carbons (Fsp3) is 0.250. The molecule has 0 aromatic carbocycles. The molecule has 0 spiro atoms. The van der Waals surface area contributed by atoms with Crippen LogP contribution in [0.3, 0.4) is 0 Å². The molecule has 1 saturated heterocycles. The molecule has 1 aliphatic rings. The van der Waals surface area contributed by atoms with E-state index in [0.717, 1.165) is 18.1 Å². The zero-order valence-corrected chi connectivity index (χ0v) is 7.25. The van der Waals surface area contributed by atoms with Crippen LogP contribution in [0.4, 0.5) is 10.6 Å². The topological polar surface area (TPSA) is 33.2 Å². The molecule has 1 aliphatic heterocycles. The lowest BCUT2D eigenvalue weighted by Crippen LogP contribution is -2.22. The van der Waals surface area contributed by atoms with E-state index in [0.29, 0.717) is 0 Å². The number of amides is 1. The Hall–Kier alpha value is -1.03. The lowest BCUT2D eigenvalue weighted by Gasteiger charge is -2.11. The van der Waals surface area contributed by atoms with Crippen molar-refractivity contribution in [3.05, 3.63) is 24.4 Å². The molecule has 0 bridgehead atoms. The minimum atomic E-state index is 0.105. The van der Waals surface area contributed by atoms with E-state index in [9.17, 15) is 4.79 Å². The molecule has 2 rings (SSSR count). The van der Waals surface area contributed by atoms with Crippen LogP contribution < -0.4 is 4.90 Å². The second-order valence-electron chi connectivity index (χ2n) is 2.45. The predicted molar refractivity (Wildman–Crippen MR) is 49.4 cm³/mol. The normalized spacial score (nSPS) is 17.0. The number of hydrogen-bond donors (Lipinski definition) is 0. The first-order valence-corrected chi connectivity index (χ1v) is 4.72. The van der Waals surface area contributed by atoms with Gasteiger partial charge < -0.3 is 0 Å². The molecule has 4 heteroatoms. The molecule has 0 radical (unpaired) electrons. The number of nitrogens with zero attached hydrogens (tertiary/aromatic N) is 2. The van der Waals surface area contributed by atoms with Gasteiger partial charge in [-0.2, -0.15) is 0 Å². The van der Waals surface area contributed by atoms with Crippen molar-refractivity contribution in [3.8, 4) is 0 Å². The first-order valence-electron chi connectivity index (χ1n) is 3.73. The Balaban J connectivity index is 2.25. The second-order valence-corrected chi connectivity index (χ2v) is 3.50. The Bertz CT molecular complexity index is 288. The van der Waals surface area contributed by atoms with Crippen molar-refractivity contribution in [2.45, 2.75) is 0 Å². The van der Waals surface area contributed by atoms with Gasteiger partial charge in [-0.1, -0.05) is 17.8 Å². The van der Waals surface area contributed by atoms with Gasteiger partial charge in [-0.05, 0) is 12.1 Å². The number of thioether (sulfide) groups is 1. The summed E-state index contributed by atoms with van der Waals surface area (Å²) in [4.78, 5) is 17.0. The summed E-state index contributed by atoms with van der Waals surface area (Å²) in [5, 5.41) is 0.105. The molecule has 0 saturated carbocycles. The number of carbonyl (C=O) groups is 1. The van der Waals surface area contributed by atoms with Gasteiger partial charge in [-0.15, -0.1) is 0 Å². The molecule has 2 heterocycles. The van der Waals surface area contributed by atoms with E-state index in [1.54, 1.807) is 11.1 Å². The van der Waals surface area contributed by atoms with Crippen molar-refractivity contribution in [1.29, 1.82) is 0 Å². The summed E-state index contributed by atoms with van der Waals surface area (Å²) >= 11 is 1.35. The molecule has 0 aliphatic carbocycles. The highest BCUT2D eigenvalue weighted by Crippen LogP contribution is 2.22. The first kappa shape index (κ1) is 7.61. The van der Waals surface area contributed by atoms with Gasteiger partial charge in [0, 0.05) is 18.5 Å². The van der Waals surface area contributed by atoms with E-state index < -0.39 is 0 Å². The monoisotopic (exact) mass is 180 g/mol. The summed E-state index contributed by atoms with van der Waals surface area (Å²) < 4.78 is 0. The Morgan fingerprint density at radius 1 is 1.50 bits per heavy atom. The molecule has 1 aromatic heterocycles. The number of rotatable bonds is 1. The largest absolute Gasteiger partial charge is 0.287 e. The van der Waals surface area contributed by atoms with Crippen LogP contribution in [0.25, 0.3) is 0 Å². The van der Waals surface area contributed by atoms with Crippen molar-refractivity contribution in [3.63, 3.8) is 0 Å². The minimum absolute atomic E-state index is 0.105. The Kier molecular flexibility index (Phi) is 1.99. The third-order valence-corrected chi connectivity index (χ3v) is 2.54. The quantitative estimate of drug-likeness (QED) is 0.660. The molecule has 1 aromatic rings. The highest BCUT2D eigenvalue weighted by atomic mass is 32.2. The Labute approximate surface area is 74.8 Å². The van der Waals surface area contributed by atoms with Gasteiger partial charge in [0.15, 0.2) is 0 Å². The number of anilines is 1. The van der Waals surface area contributed by atoms with Crippen LogP contribution in [0.2, 0.25) is 0 Å². The number of hydrogen-bond acceptors (Lipinski definition) is 3. The van der Waals surface area contributed by atoms with Gasteiger partial charge >= 0.3 is 0 Å². The molecule has 12 heavy (non-hydrogen) atoms. The third kappa shape index (κ3) is 1.30. The van der Waals surface area contributed by atoms with Gasteiger partial charge in [-0.25, -0.2) is 4.98 Å². The maximum absolute atomic E-state index is 11.2. The summed E-state index contributed by atoms with van der Waals surface area (Å²) in [5.41, 5.74) is 0. The van der Waals surface area contributed by atoms with E-state index in [1.807, 2.05) is 18.2 Å². The number of aromatic nitrogens is 1. The predicted octanol–water partition coefficient (Wildman–Crippen LogP) is 1.75. The van der Waals surface area contributed by atoms with Crippen molar-refractivity contribution in [2.75, 3.05) is 17.2 Å². The van der Waals surface area contributed by atoms with Gasteiger partial charge in [-0.3, -0.25) is 9.69 Å². The van der Waals surface area contributed by atoms with Crippen LogP contribution in [0.15, 0.2) is 24.4 Å². The molecule has 1 amide bonds. The van der Waals surface area contributed by atoms with Crippen molar-refractivity contribution in [2.24, 2.45) is 0 Å². The molecule has 0 N–H and O–H groups in total. The summed E-state index contributed by atoms with van der Waals surface area (Å²) in [6, 6.07) is 5.58. The second kappa shape index (κ2) is 3.15. The molecule has 0 unspecified atom stereocenters. The van der Waals surface area contributed by atoms with E-state index in [1.165, 1.54) is 11.8 Å². The van der Waals surface area contributed by atoms with Crippen molar-refractivity contribution < 1.29 is 4.79 Å². The fourth-order valence-electron chi connectivity index (χ4n) is 1.11. The molecule has 1 fully saturated rings. The van der Waals surface area contributed by atoms with Crippen LogP contribution >= 0.6 is 11.8 Å². The van der Waals surface area contributed by atoms with Gasteiger partial charge in [0.25, 0.3) is 5.24 Å². The van der Waals surface area contributed by atoms with E-state index >= 15 is 0 Å². The number of pyridine rings is 1. The minimum Gasteiger partial charge on any atom is -0.287 e.